The summed E-state index contributed by atoms with van der Waals surface area (Å²) in [4.78, 5) is 22.0. The molecule has 2 amide bonds. The van der Waals surface area contributed by atoms with Gasteiger partial charge in [-0.2, -0.15) is 0 Å². The van der Waals surface area contributed by atoms with E-state index in [1.807, 2.05) is 0 Å². The van der Waals surface area contributed by atoms with Crippen LogP contribution in [-0.4, -0.2) is 29.7 Å². The summed E-state index contributed by atoms with van der Waals surface area (Å²) < 4.78 is 0. The van der Waals surface area contributed by atoms with Crippen LogP contribution in [0.1, 0.15) is 25.7 Å². The van der Waals surface area contributed by atoms with Crippen molar-refractivity contribution in [1.82, 2.24) is 10.6 Å². The van der Waals surface area contributed by atoms with Gasteiger partial charge in [-0.15, -0.1) is 6.58 Å². The molecule has 0 aliphatic heterocycles. The lowest BCUT2D eigenvalue weighted by Gasteiger charge is -2.16. The van der Waals surface area contributed by atoms with Crippen molar-refractivity contribution in [1.29, 1.82) is 0 Å². The third-order valence-corrected chi connectivity index (χ3v) is 2.54. The van der Waals surface area contributed by atoms with Crippen LogP contribution in [-0.2, 0) is 4.79 Å². The smallest absolute Gasteiger partial charge is 0.315 e. The number of carbonyl (C=O) groups excluding carboxylic acids is 1. The van der Waals surface area contributed by atoms with Gasteiger partial charge in [0, 0.05) is 12.6 Å². The van der Waals surface area contributed by atoms with Crippen LogP contribution >= 0.6 is 0 Å². The summed E-state index contributed by atoms with van der Waals surface area (Å²) in [5, 5.41) is 14.1. The van der Waals surface area contributed by atoms with Crippen molar-refractivity contribution in [2.75, 3.05) is 6.54 Å². The van der Waals surface area contributed by atoms with Gasteiger partial charge >= 0.3 is 12.0 Å². The Hall–Kier alpha value is -1.52. The van der Waals surface area contributed by atoms with Crippen LogP contribution in [0.5, 0.6) is 0 Å². The average Bonchev–Trinajstić information content (AvgIpc) is 2.99. The summed E-state index contributed by atoms with van der Waals surface area (Å²) in [6.07, 6.45) is 4.44. The third-order valence-electron chi connectivity index (χ3n) is 2.54. The van der Waals surface area contributed by atoms with Crippen LogP contribution in [0.25, 0.3) is 0 Å². The molecule has 1 saturated carbocycles. The quantitative estimate of drug-likeness (QED) is 0.449. The number of nitrogens with one attached hydrogen (secondary N) is 2. The standard InChI is InChI=1S/C11H18N2O3/c1-2-3-6-12-11(16)13-9(7-10(14)15)8-4-5-8/h2,8-9H,1,3-7H2,(H,14,15)(H2,12,13,16). The van der Waals surface area contributed by atoms with Crippen molar-refractivity contribution in [3.8, 4) is 0 Å². The van der Waals surface area contributed by atoms with E-state index in [4.69, 9.17) is 5.11 Å². The van der Waals surface area contributed by atoms with E-state index in [2.05, 4.69) is 17.2 Å². The van der Waals surface area contributed by atoms with Gasteiger partial charge in [-0.3, -0.25) is 4.79 Å². The second-order valence-corrected chi connectivity index (χ2v) is 4.02. The van der Waals surface area contributed by atoms with Crippen LogP contribution in [0.4, 0.5) is 4.79 Å². The second-order valence-electron chi connectivity index (χ2n) is 4.02. The first kappa shape index (κ1) is 12.5. The molecule has 0 aromatic carbocycles. The van der Waals surface area contributed by atoms with Gasteiger partial charge < -0.3 is 15.7 Å². The number of carboxylic acid groups (broad SMARTS) is 1. The first-order valence-corrected chi connectivity index (χ1v) is 5.50. The average molecular weight is 226 g/mol. The topological polar surface area (TPSA) is 78.4 Å². The van der Waals surface area contributed by atoms with Gasteiger partial charge in [0.25, 0.3) is 0 Å². The van der Waals surface area contributed by atoms with Crippen LogP contribution in [0.15, 0.2) is 12.7 Å². The lowest BCUT2D eigenvalue weighted by atomic mass is 10.1. The maximum absolute atomic E-state index is 11.4. The molecule has 1 fully saturated rings. The molecule has 1 unspecified atom stereocenters. The molecule has 1 aliphatic rings. The van der Waals surface area contributed by atoms with E-state index in [9.17, 15) is 9.59 Å². The van der Waals surface area contributed by atoms with Gasteiger partial charge in [-0.05, 0) is 25.2 Å². The van der Waals surface area contributed by atoms with Gasteiger partial charge in [-0.1, -0.05) is 6.08 Å². The zero-order valence-corrected chi connectivity index (χ0v) is 9.24. The fourth-order valence-electron chi connectivity index (χ4n) is 1.53. The van der Waals surface area contributed by atoms with Gasteiger partial charge in [0.1, 0.15) is 0 Å². The van der Waals surface area contributed by atoms with Gasteiger partial charge in [-0.25, -0.2) is 4.79 Å². The predicted octanol–water partition coefficient (Wildman–Crippen LogP) is 1.11. The second kappa shape index (κ2) is 6.15. The third kappa shape index (κ3) is 4.82. The maximum atomic E-state index is 11.4. The Labute approximate surface area is 94.9 Å². The van der Waals surface area contributed by atoms with E-state index in [0.29, 0.717) is 18.9 Å². The molecule has 1 aliphatic carbocycles. The highest BCUT2D eigenvalue weighted by molar-refractivity contribution is 5.75. The van der Waals surface area contributed by atoms with E-state index in [-0.39, 0.29) is 18.5 Å². The summed E-state index contributed by atoms with van der Waals surface area (Å²) in [6.45, 7) is 4.07. The number of hydrogen-bond donors (Lipinski definition) is 3. The zero-order valence-electron chi connectivity index (χ0n) is 9.24. The number of hydrogen-bond acceptors (Lipinski definition) is 2. The summed E-state index contributed by atoms with van der Waals surface area (Å²) >= 11 is 0. The number of carboxylic acids is 1. The Bertz CT molecular complexity index is 274. The van der Waals surface area contributed by atoms with E-state index in [1.165, 1.54) is 0 Å². The van der Waals surface area contributed by atoms with Crippen molar-refractivity contribution in [2.24, 2.45) is 5.92 Å². The number of amides is 2. The number of aliphatic carboxylic acids is 1. The van der Waals surface area contributed by atoms with Crippen molar-refractivity contribution in [3.63, 3.8) is 0 Å². The van der Waals surface area contributed by atoms with E-state index in [1.54, 1.807) is 6.08 Å². The first-order valence-electron chi connectivity index (χ1n) is 5.50. The number of urea groups is 1. The zero-order chi connectivity index (χ0) is 12.0. The Morgan fingerprint density at radius 1 is 1.50 bits per heavy atom. The molecule has 5 nitrogen and oxygen atoms in total. The van der Waals surface area contributed by atoms with Crippen LogP contribution < -0.4 is 10.6 Å². The minimum absolute atomic E-state index is 0.000451. The molecule has 0 spiro atoms. The Kier molecular flexibility index (Phi) is 4.82. The summed E-state index contributed by atoms with van der Waals surface area (Å²) in [6, 6.07) is -0.527. The molecule has 1 atom stereocenters. The van der Waals surface area contributed by atoms with Gasteiger partial charge in [0.15, 0.2) is 0 Å². The summed E-state index contributed by atoms with van der Waals surface area (Å²) in [7, 11) is 0. The minimum atomic E-state index is -0.872. The van der Waals surface area contributed by atoms with E-state index < -0.39 is 5.97 Å². The lowest BCUT2D eigenvalue weighted by Crippen LogP contribution is -2.44. The fourth-order valence-corrected chi connectivity index (χ4v) is 1.53. The van der Waals surface area contributed by atoms with Crippen molar-refractivity contribution in [3.05, 3.63) is 12.7 Å². The molecular weight excluding hydrogens is 208 g/mol. The molecule has 1 rings (SSSR count). The molecule has 0 heterocycles. The van der Waals surface area contributed by atoms with E-state index >= 15 is 0 Å². The van der Waals surface area contributed by atoms with E-state index in [0.717, 1.165) is 12.8 Å². The van der Waals surface area contributed by atoms with Gasteiger partial charge in [0.2, 0.25) is 0 Å². The molecule has 0 bridgehead atoms. The molecule has 0 aromatic rings. The van der Waals surface area contributed by atoms with Crippen molar-refractivity contribution in [2.45, 2.75) is 31.7 Å². The SMILES string of the molecule is C=CCCNC(=O)NC(CC(=O)O)C1CC1. The maximum Gasteiger partial charge on any atom is 0.315 e. The molecule has 0 aromatic heterocycles. The monoisotopic (exact) mass is 226 g/mol. The van der Waals surface area contributed by atoms with Crippen molar-refractivity contribution >= 4 is 12.0 Å². The molecular formula is C11H18N2O3. The highest BCUT2D eigenvalue weighted by atomic mass is 16.4. The Morgan fingerprint density at radius 2 is 2.19 bits per heavy atom. The largest absolute Gasteiger partial charge is 0.481 e. The van der Waals surface area contributed by atoms with Crippen LogP contribution in [0.3, 0.4) is 0 Å². The predicted molar refractivity (Wildman–Crippen MR) is 60.1 cm³/mol. The summed E-state index contributed by atoms with van der Waals surface area (Å²) in [5.41, 5.74) is 0. The first-order chi connectivity index (χ1) is 7.63. The van der Waals surface area contributed by atoms with Crippen molar-refractivity contribution < 1.29 is 14.7 Å². The molecule has 0 radical (unpaired) electrons. The minimum Gasteiger partial charge on any atom is -0.481 e. The molecule has 5 heteroatoms. The normalized spacial score (nSPS) is 16.2. The number of rotatable bonds is 7. The molecule has 90 valence electrons. The highest BCUT2D eigenvalue weighted by Gasteiger charge is 2.33. The van der Waals surface area contributed by atoms with Crippen LogP contribution in [0, 0.1) is 5.92 Å². The molecule has 16 heavy (non-hydrogen) atoms. The molecule has 3 N–H and O–H groups in total. The Morgan fingerprint density at radius 3 is 2.69 bits per heavy atom. The van der Waals surface area contributed by atoms with Crippen LogP contribution in [0.2, 0.25) is 0 Å². The Balaban J connectivity index is 2.27. The fraction of sp³-hybridized carbons (Fsp3) is 0.636. The molecule has 0 saturated heterocycles. The summed E-state index contributed by atoms with van der Waals surface area (Å²) in [5.74, 6) is -0.537. The van der Waals surface area contributed by atoms with Gasteiger partial charge in [0.05, 0.1) is 6.42 Å². The highest BCUT2D eigenvalue weighted by Crippen LogP contribution is 2.33. The lowest BCUT2D eigenvalue weighted by molar-refractivity contribution is -0.137. The number of carbonyl (C=O) groups is 2.